The molecule has 29 heavy (non-hydrogen) atoms. The molecule has 9 nitrogen and oxygen atoms in total. The average Bonchev–Trinajstić information content (AvgIpc) is 2.64. The van der Waals surface area contributed by atoms with Crippen LogP contribution >= 0.6 is 11.6 Å². The van der Waals surface area contributed by atoms with Crippen LogP contribution in [-0.4, -0.2) is 49.9 Å². The summed E-state index contributed by atoms with van der Waals surface area (Å²) in [5.74, 6) is 0. The number of non-ortho nitro benzene ring substituents is 1. The van der Waals surface area contributed by atoms with E-state index in [9.17, 15) is 20.0 Å². The molecule has 1 amide bonds. The summed E-state index contributed by atoms with van der Waals surface area (Å²) in [5, 5.41) is 28.9. The zero-order valence-electron chi connectivity index (χ0n) is 16.4. The first-order chi connectivity index (χ1) is 13.5. The van der Waals surface area contributed by atoms with E-state index in [2.05, 4.69) is 10.2 Å². The number of ether oxygens (including phenoxy) is 1. The van der Waals surface area contributed by atoms with Gasteiger partial charge in [0.25, 0.3) is 5.69 Å². The summed E-state index contributed by atoms with van der Waals surface area (Å²) in [6.07, 6.45) is -1.24. The minimum absolute atomic E-state index is 0.00511. The number of halogens is 1. The summed E-state index contributed by atoms with van der Waals surface area (Å²) in [6.45, 7) is 5.44. The zero-order chi connectivity index (χ0) is 21.6. The molecular weight excluding hydrogens is 400 g/mol. The first-order valence-corrected chi connectivity index (χ1v) is 9.31. The quantitative estimate of drug-likeness (QED) is 0.535. The lowest BCUT2D eigenvalue weighted by atomic mass is 10.1. The van der Waals surface area contributed by atoms with Gasteiger partial charge in [0.15, 0.2) is 5.15 Å². The fourth-order valence-electron chi connectivity index (χ4n) is 2.44. The molecule has 0 aliphatic rings. The SMILES string of the molecule is CC(C)(C)OC(=O)N(CCc1ccc([N+](=O)[O-])cc1)C[C@@H](O)c1ccc(Cl)nn1. The Morgan fingerprint density at radius 2 is 1.90 bits per heavy atom. The molecule has 0 saturated heterocycles. The Bertz CT molecular complexity index is 837. The highest BCUT2D eigenvalue weighted by molar-refractivity contribution is 6.29. The Balaban J connectivity index is 2.10. The Morgan fingerprint density at radius 1 is 1.24 bits per heavy atom. The second-order valence-electron chi connectivity index (χ2n) is 7.40. The van der Waals surface area contributed by atoms with Crippen molar-refractivity contribution in [2.24, 2.45) is 0 Å². The molecule has 2 aromatic rings. The molecule has 1 atom stereocenters. The lowest BCUT2D eigenvalue weighted by Gasteiger charge is -2.28. The summed E-state index contributed by atoms with van der Waals surface area (Å²) in [7, 11) is 0. The van der Waals surface area contributed by atoms with Crippen LogP contribution in [0.5, 0.6) is 0 Å². The Labute approximate surface area is 173 Å². The number of carbonyl (C=O) groups excluding carboxylic acids is 1. The average molecular weight is 423 g/mol. The molecule has 1 aromatic heterocycles. The summed E-state index contributed by atoms with van der Waals surface area (Å²) >= 11 is 5.71. The van der Waals surface area contributed by atoms with Crippen molar-refractivity contribution in [1.82, 2.24) is 15.1 Å². The lowest BCUT2D eigenvalue weighted by molar-refractivity contribution is -0.384. The van der Waals surface area contributed by atoms with Crippen molar-refractivity contribution < 1.29 is 19.6 Å². The number of benzene rings is 1. The standard InChI is InChI=1S/C19H23ClN4O5/c1-19(2,3)29-18(26)23(12-16(25)15-8-9-17(20)22-21-15)11-10-13-4-6-14(7-5-13)24(27)28/h4-9,16,25H,10-12H2,1-3H3/t16-/m1/s1. The molecule has 0 aliphatic heterocycles. The molecule has 1 heterocycles. The van der Waals surface area contributed by atoms with Crippen molar-refractivity contribution in [2.45, 2.75) is 38.9 Å². The normalized spacial score (nSPS) is 12.3. The summed E-state index contributed by atoms with van der Waals surface area (Å²) in [4.78, 5) is 24.3. The van der Waals surface area contributed by atoms with Crippen molar-refractivity contribution in [2.75, 3.05) is 13.1 Å². The van der Waals surface area contributed by atoms with E-state index in [1.165, 1.54) is 29.2 Å². The van der Waals surface area contributed by atoms with Crippen LogP contribution in [0.4, 0.5) is 10.5 Å². The van der Waals surface area contributed by atoms with Crippen LogP contribution in [-0.2, 0) is 11.2 Å². The minimum Gasteiger partial charge on any atom is -0.444 e. The van der Waals surface area contributed by atoms with E-state index < -0.39 is 22.7 Å². The van der Waals surface area contributed by atoms with E-state index in [0.717, 1.165) is 5.56 Å². The van der Waals surface area contributed by atoms with E-state index in [0.29, 0.717) is 6.42 Å². The van der Waals surface area contributed by atoms with Crippen LogP contribution in [0.1, 0.15) is 38.1 Å². The molecule has 0 fully saturated rings. The molecule has 10 heteroatoms. The number of aromatic nitrogens is 2. The maximum atomic E-state index is 12.6. The maximum Gasteiger partial charge on any atom is 0.410 e. The van der Waals surface area contributed by atoms with Crippen LogP contribution in [0.25, 0.3) is 0 Å². The van der Waals surface area contributed by atoms with E-state index >= 15 is 0 Å². The predicted molar refractivity (Wildman–Crippen MR) is 107 cm³/mol. The Morgan fingerprint density at radius 3 is 2.41 bits per heavy atom. The number of nitro groups is 1. The lowest BCUT2D eigenvalue weighted by Crippen LogP contribution is -2.40. The molecule has 2 rings (SSSR count). The third-order valence-electron chi connectivity index (χ3n) is 3.86. The first kappa shape index (κ1) is 22.5. The molecule has 0 saturated carbocycles. The molecule has 1 aromatic carbocycles. The van der Waals surface area contributed by atoms with Crippen LogP contribution < -0.4 is 0 Å². The summed E-state index contributed by atoms with van der Waals surface area (Å²) in [5.41, 5.74) is 0.381. The van der Waals surface area contributed by atoms with Crippen molar-refractivity contribution in [1.29, 1.82) is 0 Å². The number of hydrogen-bond donors (Lipinski definition) is 1. The fraction of sp³-hybridized carbons (Fsp3) is 0.421. The third-order valence-corrected chi connectivity index (χ3v) is 4.06. The number of amides is 1. The summed E-state index contributed by atoms with van der Waals surface area (Å²) in [6, 6.07) is 9.11. The van der Waals surface area contributed by atoms with Gasteiger partial charge < -0.3 is 14.7 Å². The van der Waals surface area contributed by atoms with Gasteiger partial charge in [-0.2, -0.15) is 5.10 Å². The second-order valence-corrected chi connectivity index (χ2v) is 7.78. The van der Waals surface area contributed by atoms with Crippen molar-refractivity contribution in [3.05, 3.63) is 62.9 Å². The number of aliphatic hydroxyl groups excluding tert-OH is 1. The van der Waals surface area contributed by atoms with Gasteiger partial charge in [0.2, 0.25) is 0 Å². The number of hydrogen-bond acceptors (Lipinski definition) is 7. The number of nitrogens with zero attached hydrogens (tertiary/aromatic N) is 4. The van der Waals surface area contributed by atoms with Gasteiger partial charge in [-0.1, -0.05) is 23.7 Å². The number of carbonyl (C=O) groups is 1. The van der Waals surface area contributed by atoms with Gasteiger partial charge in [0.05, 0.1) is 17.2 Å². The second kappa shape index (κ2) is 9.62. The molecule has 0 unspecified atom stereocenters. The van der Waals surface area contributed by atoms with Crippen LogP contribution in [0.2, 0.25) is 5.15 Å². The highest BCUT2D eigenvalue weighted by Gasteiger charge is 2.25. The molecule has 1 N–H and O–H groups in total. The van der Waals surface area contributed by atoms with E-state index in [-0.39, 0.29) is 29.6 Å². The maximum absolute atomic E-state index is 12.6. The predicted octanol–water partition coefficient (Wildman–Crippen LogP) is 3.55. The van der Waals surface area contributed by atoms with Gasteiger partial charge >= 0.3 is 6.09 Å². The Kier molecular flexibility index (Phi) is 7.46. The van der Waals surface area contributed by atoms with Gasteiger partial charge in [0.1, 0.15) is 11.7 Å². The van der Waals surface area contributed by atoms with Gasteiger partial charge in [-0.05, 0) is 44.9 Å². The molecular formula is C19H23ClN4O5. The highest BCUT2D eigenvalue weighted by Crippen LogP contribution is 2.17. The van der Waals surface area contributed by atoms with Gasteiger partial charge in [-0.3, -0.25) is 10.1 Å². The van der Waals surface area contributed by atoms with E-state index in [1.54, 1.807) is 32.9 Å². The fourth-order valence-corrected chi connectivity index (χ4v) is 2.54. The largest absolute Gasteiger partial charge is 0.444 e. The van der Waals surface area contributed by atoms with Crippen LogP contribution in [0.3, 0.4) is 0 Å². The van der Waals surface area contributed by atoms with Crippen molar-refractivity contribution in [3.63, 3.8) is 0 Å². The third kappa shape index (κ3) is 7.28. The van der Waals surface area contributed by atoms with Crippen molar-refractivity contribution >= 4 is 23.4 Å². The topological polar surface area (TPSA) is 119 Å². The summed E-state index contributed by atoms with van der Waals surface area (Å²) < 4.78 is 5.42. The van der Waals surface area contributed by atoms with Crippen LogP contribution in [0, 0.1) is 10.1 Å². The van der Waals surface area contributed by atoms with E-state index in [4.69, 9.17) is 16.3 Å². The molecule has 0 spiro atoms. The Hall–Kier alpha value is -2.78. The van der Waals surface area contributed by atoms with Gasteiger partial charge in [0, 0.05) is 18.7 Å². The first-order valence-electron chi connectivity index (χ1n) is 8.93. The minimum atomic E-state index is -1.08. The van der Waals surface area contributed by atoms with Gasteiger partial charge in [-0.25, -0.2) is 4.79 Å². The molecule has 0 bridgehead atoms. The monoisotopic (exact) mass is 422 g/mol. The highest BCUT2D eigenvalue weighted by atomic mass is 35.5. The zero-order valence-corrected chi connectivity index (χ0v) is 17.2. The number of aliphatic hydroxyl groups is 1. The van der Waals surface area contributed by atoms with Gasteiger partial charge in [-0.15, -0.1) is 5.10 Å². The smallest absolute Gasteiger partial charge is 0.410 e. The molecule has 156 valence electrons. The van der Waals surface area contributed by atoms with E-state index in [1.807, 2.05) is 0 Å². The van der Waals surface area contributed by atoms with Crippen LogP contribution in [0.15, 0.2) is 36.4 Å². The molecule has 0 aliphatic carbocycles. The number of rotatable bonds is 7. The number of nitro benzene ring substituents is 1. The van der Waals surface area contributed by atoms with Crippen molar-refractivity contribution in [3.8, 4) is 0 Å². The molecule has 0 radical (unpaired) electrons.